The van der Waals surface area contributed by atoms with Gasteiger partial charge in [-0.05, 0) is 55.7 Å². The minimum absolute atomic E-state index is 0.116. The van der Waals surface area contributed by atoms with E-state index in [2.05, 4.69) is 15.0 Å². The first-order valence-electron chi connectivity index (χ1n) is 8.96. The Balaban J connectivity index is 1.74. The lowest BCUT2D eigenvalue weighted by atomic mass is 10.1. The van der Waals surface area contributed by atoms with Gasteiger partial charge in [0.2, 0.25) is 0 Å². The Morgan fingerprint density at radius 2 is 1.86 bits per heavy atom. The fourth-order valence-electron chi connectivity index (χ4n) is 3.19. The predicted molar refractivity (Wildman–Crippen MR) is 105 cm³/mol. The number of hydrogen-bond donors (Lipinski definition) is 1. The molecule has 1 amide bonds. The molecule has 150 valence electrons. The molecule has 0 saturated carbocycles. The largest absolute Gasteiger partial charge is 0.493 e. The maximum atomic E-state index is 12.6. The number of piperidine rings is 1. The van der Waals surface area contributed by atoms with Crippen LogP contribution in [0.5, 0.6) is 11.5 Å². The normalized spacial score (nSPS) is 14.1. The van der Waals surface area contributed by atoms with Crippen molar-refractivity contribution in [1.82, 2.24) is 0 Å². The molecule has 0 atom stereocenters. The van der Waals surface area contributed by atoms with E-state index < -0.39 is 12.5 Å². The highest BCUT2D eigenvalue weighted by Crippen LogP contribution is 2.32. The Hall–Kier alpha value is -2.54. The molecule has 1 aliphatic heterocycles. The number of halogens is 3. The molecule has 1 heterocycles. The summed E-state index contributed by atoms with van der Waals surface area (Å²) in [6.45, 7) is -1.10. The third-order valence-electron chi connectivity index (χ3n) is 4.54. The van der Waals surface area contributed by atoms with Crippen molar-refractivity contribution in [1.29, 1.82) is 0 Å². The first kappa shape index (κ1) is 20.2. The van der Waals surface area contributed by atoms with Gasteiger partial charge < -0.3 is 19.7 Å². The average molecular weight is 411 g/mol. The van der Waals surface area contributed by atoms with Gasteiger partial charge in [-0.25, -0.2) is 0 Å². The van der Waals surface area contributed by atoms with E-state index in [4.69, 9.17) is 16.3 Å². The lowest BCUT2D eigenvalue weighted by molar-refractivity contribution is -0.0512. The number of nitrogens with one attached hydrogen (secondary N) is 1. The number of amides is 1. The summed E-state index contributed by atoms with van der Waals surface area (Å²) < 4.78 is 34.5. The van der Waals surface area contributed by atoms with Crippen LogP contribution < -0.4 is 19.7 Å². The lowest BCUT2D eigenvalue weighted by Crippen LogP contribution is -2.29. The van der Waals surface area contributed by atoms with Crippen LogP contribution in [0.2, 0.25) is 5.02 Å². The first-order chi connectivity index (χ1) is 13.5. The number of alkyl halides is 2. The number of carbonyl (C=O) groups is 1. The molecule has 2 aromatic carbocycles. The summed E-state index contributed by atoms with van der Waals surface area (Å²) >= 11 is 6.40. The summed E-state index contributed by atoms with van der Waals surface area (Å²) in [5.74, 6) is -0.557. The summed E-state index contributed by atoms with van der Waals surface area (Å²) in [4.78, 5) is 14.7. The van der Waals surface area contributed by atoms with E-state index in [0.717, 1.165) is 31.6 Å². The summed E-state index contributed by atoms with van der Waals surface area (Å²) in [7, 11) is 1.33. The van der Waals surface area contributed by atoms with E-state index in [-0.39, 0.29) is 17.1 Å². The maximum absolute atomic E-state index is 12.6. The Morgan fingerprint density at radius 1 is 1.11 bits per heavy atom. The topological polar surface area (TPSA) is 50.8 Å². The Kier molecular flexibility index (Phi) is 6.57. The molecule has 0 aliphatic carbocycles. The second-order valence-electron chi connectivity index (χ2n) is 6.41. The molecule has 1 N–H and O–H groups in total. The van der Waals surface area contributed by atoms with Crippen LogP contribution in [-0.2, 0) is 0 Å². The molecule has 28 heavy (non-hydrogen) atoms. The molecule has 0 unspecified atom stereocenters. The average Bonchev–Trinajstić information content (AvgIpc) is 2.68. The van der Waals surface area contributed by atoms with Gasteiger partial charge in [0.15, 0.2) is 11.5 Å². The van der Waals surface area contributed by atoms with Crippen molar-refractivity contribution in [2.45, 2.75) is 25.9 Å². The molecular weight excluding hydrogens is 390 g/mol. The Labute approximate surface area is 167 Å². The molecule has 1 saturated heterocycles. The molecule has 0 aromatic heterocycles. The molecule has 3 rings (SSSR count). The van der Waals surface area contributed by atoms with Crippen LogP contribution in [0, 0.1) is 0 Å². The second kappa shape index (κ2) is 9.10. The highest BCUT2D eigenvalue weighted by Gasteiger charge is 2.17. The quantitative estimate of drug-likeness (QED) is 0.711. The predicted octanol–water partition coefficient (Wildman–Crippen LogP) is 5.19. The fourth-order valence-corrected chi connectivity index (χ4v) is 3.49. The fraction of sp³-hybridized carbons (Fsp3) is 0.350. The van der Waals surface area contributed by atoms with Crippen molar-refractivity contribution in [2.75, 3.05) is 30.4 Å². The van der Waals surface area contributed by atoms with Gasteiger partial charge in [0.1, 0.15) is 0 Å². The Morgan fingerprint density at radius 3 is 2.50 bits per heavy atom. The molecule has 0 bridgehead atoms. The van der Waals surface area contributed by atoms with Crippen molar-refractivity contribution >= 4 is 28.9 Å². The van der Waals surface area contributed by atoms with E-state index in [1.54, 1.807) is 12.1 Å². The molecule has 2 aromatic rings. The summed E-state index contributed by atoms with van der Waals surface area (Å²) in [6, 6.07) is 9.42. The van der Waals surface area contributed by atoms with Crippen LogP contribution in [0.25, 0.3) is 0 Å². The minimum Gasteiger partial charge on any atom is -0.493 e. The van der Waals surface area contributed by atoms with Gasteiger partial charge in [0.25, 0.3) is 5.91 Å². The van der Waals surface area contributed by atoms with Crippen LogP contribution in [0.4, 0.5) is 20.2 Å². The van der Waals surface area contributed by atoms with Crippen molar-refractivity contribution in [3.63, 3.8) is 0 Å². The Bertz CT molecular complexity index is 842. The van der Waals surface area contributed by atoms with Crippen LogP contribution in [-0.4, -0.2) is 32.7 Å². The molecule has 0 radical (unpaired) electrons. The van der Waals surface area contributed by atoms with E-state index in [0.29, 0.717) is 10.7 Å². The third kappa shape index (κ3) is 4.84. The number of carbonyl (C=O) groups excluding carboxylic acids is 1. The van der Waals surface area contributed by atoms with Crippen LogP contribution >= 0.6 is 11.6 Å². The maximum Gasteiger partial charge on any atom is 0.387 e. The van der Waals surface area contributed by atoms with Gasteiger partial charge in [0, 0.05) is 24.3 Å². The van der Waals surface area contributed by atoms with Gasteiger partial charge in [-0.2, -0.15) is 8.78 Å². The first-order valence-corrected chi connectivity index (χ1v) is 9.34. The van der Waals surface area contributed by atoms with Crippen LogP contribution in [0.1, 0.15) is 29.6 Å². The number of rotatable bonds is 6. The minimum atomic E-state index is -3.02. The van der Waals surface area contributed by atoms with Crippen molar-refractivity contribution in [2.24, 2.45) is 0 Å². The zero-order chi connectivity index (χ0) is 20.1. The van der Waals surface area contributed by atoms with Gasteiger partial charge >= 0.3 is 6.61 Å². The van der Waals surface area contributed by atoms with Crippen LogP contribution in [0.15, 0.2) is 36.4 Å². The third-order valence-corrected chi connectivity index (χ3v) is 4.85. The van der Waals surface area contributed by atoms with E-state index in [1.165, 1.54) is 31.7 Å². The number of methoxy groups -OCH3 is 1. The zero-order valence-corrected chi connectivity index (χ0v) is 16.1. The summed E-state index contributed by atoms with van der Waals surface area (Å²) in [5, 5.41) is 3.27. The van der Waals surface area contributed by atoms with Gasteiger partial charge in [-0.15, -0.1) is 0 Å². The standard InChI is InChI=1S/C20H21ClF2N2O3/c1-27-17-8-5-13(11-18(17)28-20(22)23)19(26)24-14-6-7-16(15(21)12-14)25-9-3-2-4-10-25/h5-8,11-12,20H,2-4,9-10H2,1H3,(H,24,26). The second-order valence-corrected chi connectivity index (χ2v) is 6.82. The van der Waals surface area contributed by atoms with Crippen molar-refractivity contribution < 1.29 is 23.0 Å². The number of ether oxygens (including phenoxy) is 2. The van der Waals surface area contributed by atoms with E-state index >= 15 is 0 Å². The van der Waals surface area contributed by atoms with Gasteiger partial charge in [-0.3, -0.25) is 4.79 Å². The molecule has 8 heteroatoms. The summed E-state index contributed by atoms with van der Waals surface area (Å²) in [5.41, 5.74) is 1.62. The number of nitrogens with zero attached hydrogens (tertiary/aromatic N) is 1. The van der Waals surface area contributed by atoms with Gasteiger partial charge in [0.05, 0.1) is 17.8 Å². The van der Waals surface area contributed by atoms with Crippen molar-refractivity contribution in [3.05, 3.63) is 47.0 Å². The monoisotopic (exact) mass is 410 g/mol. The van der Waals surface area contributed by atoms with Crippen molar-refractivity contribution in [3.8, 4) is 11.5 Å². The highest BCUT2D eigenvalue weighted by molar-refractivity contribution is 6.33. The molecular formula is C20H21ClF2N2O3. The number of hydrogen-bond acceptors (Lipinski definition) is 4. The zero-order valence-electron chi connectivity index (χ0n) is 15.4. The number of anilines is 2. The van der Waals surface area contributed by atoms with Crippen LogP contribution in [0.3, 0.4) is 0 Å². The molecule has 1 aliphatic rings. The highest BCUT2D eigenvalue weighted by atomic mass is 35.5. The van der Waals surface area contributed by atoms with E-state index in [9.17, 15) is 13.6 Å². The summed E-state index contributed by atoms with van der Waals surface area (Å²) in [6.07, 6.45) is 3.49. The SMILES string of the molecule is COc1ccc(C(=O)Nc2ccc(N3CCCCC3)c(Cl)c2)cc1OC(F)F. The van der Waals surface area contributed by atoms with Gasteiger partial charge in [-0.1, -0.05) is 11.6 Å². The lowest BCUT2D eigenvalue weighted by Gasteiger charge is -2.29. The molecule has 0 spiro atoms. The number of benzene rings is 2. The van der Waals surface area contributed by atoms with E-state index in [1.807, 2.05) is 6.07 Å². The molecule has 5 nitrogen and oxygen atoms in total. The molecule has 1 fully saturated rings. The smallest absolute Gasteiger partial charge is 0.387 e.